The highest BCUT2D eigenvalue weighted by Gasteiger charge is 2.21. The Balaban J connectivity index is 2.15. The van der Waals surface area contributed by atoms with Gasteiger partial charge in [0, 0.05) is 11.6 Å². The predicted octanol–water partition coefficient (Wildman–Crippen LogP) is 5.71. The van der Waals surface area contributed by atoms with Crippen molar-refractivity contribution in [1.82, 2.24) is 4.98 Å². The second-order valence-corrected chi connectivity index (χ2v) is 6.53. The van der Waals surface area contributed by atoms with Gasteiger partial charge in [-0.25, -0.2) is 4.98 Å². The van der Waals surface area contributed by atoms with Crippen molar-refractivity contribution in [3.63, 3.8) is 0 Å². The van der Waals surface area contributed by atoms with Crippen LogP contribution in [0.2, 0.25) is 0 Å². The topological polar surface area (TPSA) is 44.5 Å². The molecule has 3 aromatic rings. The van der Waals surface area contributed by atoms with E-state index in [1.807, 2.05) is 6.07 Å². The Kier molecular flexibility index (Phi) is 5.31. The molecule has 0 spiro atoms. The third-order valence-electron chi connectivity index (χ3n) is 4.62. The molecule has 2 aromatic carbocycles. The van der Waals surface area contributed by atoms with Crippen LogP contribution in [0, 0.1) is 0 Å². The van der Waals surface area contributed by atoms with Gasteiger partial charge in [0.05, 0.1) is 19.8 Å². The number of aromatic nitrogens is 1. The molecule has 0 amide bonds. The zero-order valence-corrected chi connectivity index (χ0v) is 16.0. The highest BCUT2D eigenvalue weighted by Crippen LogP contribution is 2.42. The Morgan fingerprint density at radius 2 is 1.69 bits per heavy atom. The lowest BCUT2D eigenvalue weighted by Gasteiger charge is -2.16. The van der Waals surface area contributed by atoms with Gasteiger partial charge in [0.15, 0.2) is 12.2 Å². The van der Waals surface area contributed by atoms with E-state index in [0.717, 1.165) is 34.6 Å². The third kappa shape index (κ3) is 3.32. The summed E-state index contributed by atoms with van der Waals surface area (Å²) in [6, 6.07) is 12.4. The average Bonchev–Trinajstić information content (AvgIpc) is 3.16. The summed E-state index contributed by atoms with van der Waals surface area (Å²) >= 11 is 0. The summed E-state index contributed by atoms with van der Waals surface area (Å²) in [4.78, 5) is 4.46. The molecule has 1 aromatic heterocycles. The average molecular weight is 351 g/mol. The number of hydrogen-bond acceptors (Lipinski definition) is 4. The van der Waals surface area contributed by atoms with E-state index in [9.17, 15) is 0 Å². The van der Waals surface area contributed by atoms with E-state index in [4.69, 9.17) is 13.9 Å². The second-order valence-electron chi connectivity index (χ2n) is 6.53. The molecular formula is C22H25NO3. The number of rotatable bonds is 6. The van der Waals surface area contributed by atoms with E-state index < -0.39 is 0 Å². The minimum Gasteiger partial charge on any atom is -0.496 e. The van der Waals surface area contributed by atoms with Crippen molar-refractivity contribution in [2.45, 2.75) is 33.1 Å². The van der Waals surface area contributed by atoms with Gasteiger partial charge >= 0.3 is 0 Å². The summed E-state index contributed by atoms with van der Waals surface area (Å²) in [5, 5.41) is 0. The largest absolute Gasteiger partial charge is 0.496 e. The molecule has 0 radical (unpaired) electrons. The fourth-order valence-electron chi connectivity index (χ4n) is 3.09. The minimum absolute atomic E-state index is 0.310. The van der Waals surface area contributed by atoms with Crippen molar-refractivity contribution in [2.24, 2.45) is 0 Å². The summed E-state index contributed by atoms with van der Waals surface area (Å²) in [5.74, 6) is 2.53. The predicted molar refractivity (Wildman–Crippen MR) is 104 cm³/mol. The standard InChI is InChI=1S/C22H25NO3/c1-6-15-7-9-16(10-8-15)21-22(26-13-23-21)18-11-17(14(2)3)19(24-4)12-20(18)25-5/h7-14H,6H2,1-5H3. The molecule has 4 nitrogen and oxygen atoms in total. The fourth-order valence-corrected chi connectivity index (χ4v) is 3.09. The van der Waals surface area contributed by atoms with Crippen molar-refractivity contribution in [3.8, 4) is 34.1 Å². The summed E-state index contributed by atoms with van der Waals surface area (Å²) in [7, 11) is 3.33. The van der Waals surface area contributed by atoms with Crippen molar-refractivity contribution >= 4 is 0 Å². The van der Waals surface area contributed by atoms with E-state index in [2.05, 4.69) is 56.1 Å². The maximum atomic E-state index is 5.78. The number of ether oxygens (including phenoxy) is 2. The molecule has 0 aliphatic heterocycles. The number of aryl methyl sites for hydroxylation is 1. The summed E-state index contributed by atoms with van der Waals surface area (Å²) in [6.07, 6.45) is 2.49. The number of oxazole rings is 1. The lowest BCUT2D eigenvalue weighted by molar-refractivity contribution is 0.390. The molecule has 0 N–H and O–H groups in total. The minimum atomic E-state index is 0.310. The van der Waals surface area contributed by atoms with Gasteiger partial charge in [0.2, 0.25) is 0 Å². The van der Waals surface area contributed by atoms with Crippen molar-refractivity contribution < 1.29 is 13.9 Å². The van der Waals surface area contributed by atoms with E-state index in [-0.39, 0.29) is 0 Å². The van der Waals surface area contributed by atoms with Crippen LogP contribution in [-0.2, 0) is 6.42 Å². The molecule has 0 aliphatic carbocycles. The molecule has 3 rings (SSSR count). The molecule has 136 valence electrons. The van der Waals surface area contributed by atoms with Crippen LogP contribution in [0.3, 0.4) is 0 Å². The van der Waals surface area contributed by atoms with Crippen LogP contribution >= 0.6 is 0 Å². The van der Waals surface area contributed by atoms with Crippen LogP contribution in [0.1, 0.15) is 37.8 Å². The molecule has 4 heteroatoms. The van der Waals surface area contributed by atoms with Crippen molar-refractivity contribution in [2.75, 3.05) is 14.2 Å². The smallest absolute Gasteiger partial charge is 0.182 e. The normalized spacial score (nSPS) is 11.0. The molecule has 0 aliphatic rings. The van der Waals surface area contributed by atoms with E-state index in [1.54, 1.807) is 14.2 Å². The Bertz CT molecular complexity index is 879. The first-order chi connectivity index (χ1) is 12.6. The van der Waals surface area contributed by atoms with Gasteiger partial charge in [-0.1, -0.05) is 45.0 Å². The van der Waals surface area contributed by atoms with Crippen LogP contribution in [0.25, 0.3) is 22.6 Å². The molecule has 0 bridgehead atoms. The number of hydrogen-bond donors (Lipinski definition) is 0. The van der Waals surface area contributed by atoms with Crippen LogP contribution in [-0.4, -0.2) is 19.2 Å². The highest BCUT2D eigenvalue weighted by molar-refractivity contribution is 5.81. The first kappa shape index (κ1) is 18.1. The SMILES string of the molecule is CCc1ccc(-c2ncoc2-c2cc(C(C)C)c(OC)cc2OC)cc1. The highest BCUT2D eigenvalue weighted by atomic mass is 16.5. The first-order valence-electron chi connectivity index (χ1n) is 8.88. The molecule has 0 fully saturated rings. The third-order valence-corrected chi connectivity index (χ3v) is 4.62. The molecule has 26 heavy (non-hydrogen) atoms. The summed E-state index contributed by atoms with van der Waals surface area (Å²) in [5.41, 5.74) is 5.11. The van der Waals surface area contributed by atoms with Gasteiger partial charge in [0.25, 0.3) is 0 Å². The van der Waals surface area contributed by atoms with E-state index in [1.165, 1.54) is 12.0 Å². The Labute approximate surface area is 154 Å². The van der Waals surface area contributed by atoms with Crippen molar-refractivity contribution in [3.05, 3.63) is 53.9 Å². The van der Waals surface area contributed by atoms with Crippen LogP contribution in [0.4, 0.5) is 0 Å². The molecule has 0 saturated heterocycles. The van der Waals surface area contributed by atoms with Gasteiger partial charge in [0.1, 0.15) is 17.2 Å². The lowest BCUT2D eigenvalue weighted by atomic mass is 9.96. The Morgan fingerprint density at radius 1 is 1.00 bits per heavy atom. The Morgan fingerprint density at radius 3 is 2.27 bits per heavy atom. The maximum Gasteiger partial charge on any atom is 0.182 e. The Hall–Kier alpha value is -2.75. The number of methoxy groups -OCH3 is 2. The van der Waals surface area contributed by atoms with Gasteiger partial charge in [-0.2, -0.15) is 0 Å². The fraction of sp³-hybridized carbons (Fsp3) is 0.318. The lowest BCUT2D eigenvalue weighted by Crippen LogP contribution is -1.98. The summed E-state index contributed by atoms with van der Waals surface area (Å²) in [6.45, 7) is 6.42. The van der Waals surface area contributed by atoms with E-state index >= 15 is 0 Å². The zero-order valence-electron chi connectivity index (χ0n) is 16.0. The van der Waals surface area contributed by atoms with Crippen LogP contribution in [0.15, 0.2) is 47.2 Å². The molecule has 0 saturated carbocycles. The molecule has 0 atom stereocenters. The molecule has 0 unspecified atom stereocenters. The van der Waals surface area contributed by atoms with Gasteiger partial charge in [-0.15, -0.1) is 0 Å². The second kappa shape index (κ2) is 7.65. The summed E-state index contributed by atoms with van der Waals surface area (Å²) < 4.78 is 16.9. The van der Waals surface area contributed by atoms with Gasteiger partial charge in [-0.05, 0) is 29.5 Å². The van der Waals surface area contributed by atoms with Gasteiger partial charge in [-0.3, -0.25) is 0 Å². The monoisotopic (exact) mass is 351 g/mol. The van der Waals surface area contributed by atoms with Crippen molar-refractivity contribution in [1.29, 1.82) is 0 Å². The maximum absolute atomic E-state index is 5.78. The first-order valence-corrected chi connectivity index (χ1v) is 8.88. The van der Waals surface area contributed by atoms with Crippen LogP contribution < -0.4 is 9.47 Å². The number of benzene rings is 2. The number of nitrogens with zero attached hydrogens (tertiary/aromatic N) is 1. The quantitative estimate of drug-likeness (QED) is 0.570. The van der Waals surface area contributed by atoms with Crippen LogP contribution in [0.5, 0.6) is 11.5 Å². The van der Waals surface area contributed by atoms with Gasteiger partial charge < -0.3 is 13.9 Å². The molecule has 1 heterocycles. The van der Waals surface area contributed by atoms with E-state index in [0.29, 0.717) is 17.4 Å². The molecular weight excluding hydrogens is 326 g/mol. The zero-order chi connectivity index (χ0) is 18.7.